The predicted octanol–water partition coefficient (Wildman–Crippen LogP) is 2.21. The van der Waals surface area contributed by atoms with Crippen LogP contribution in [0.2, 0.25) is 0 Å². The molecule has 0 bridgehead atoms. The van der Waals surface area contributed by atoms with Crippen LogP contribution in [0.5, 0.6) is 0 Å². The number of fused-ring (bicyclic) bond motifs is 1. The van der Waals surface area contributed by atoms with E-state index in [0.29, 0.717) is 11.4 Å². The number of aryl methyl sites for hydroxylation is 1. The number of nitrogens with zero attached hydrogens (tertiary/aromatic N) is 3. The van der Waals surface area contributed by atoms with E-state index >= 15 is 0 Å². The van der Waals surface area contributed by atoms with Crippen LogP contribution in [0.4, 0.5) is 0 Å². The monoisotopic (exact) mass is 287 g/mol. The molecule has 0 fully saturated rings. The molecule has 0 radical (unpaired) electrons. The maximum absolute atomic E-state index is 12.2. The number of amides is 1. The van der Waals surface area contributed by atoms with Crippen LogP contribution in [0.25, 0.3) is 10.2 Å². The van der Waals surface area contributed by atoms with E-state index in [9.17, 15) is 4.79 Å². The molecule has 0 saturated heterocycles. The van der Waals surface area contributed by atoms with Gasteiger partial charge in [-0.15, -0.1) is 11.3 Å². The zero-order valence-electron chi connectivity index (χ0n) is 11.0. The molecule has 6 nitrogen and oxygen atoms in total. The number of benzene rings is 1. The number of H-pyrrole nitrogens is 1. The Morgan fingerprint density at radius 1 is 1.45 bits per heavy atom. The fraction of sp³-hybridized carbons (Fsp3) is 0.231. The van der Waals surface area contributed by atoms with Gasteiger partial charge in [0.05, 0.1) is 21.8 Å². The Bertz CT molecular complexity index is 763. The largest absolute Gasteiger partial charge is 0.342 e. The van der Waals surface area contributed by atoms with Crippen LogP contribution in [0.1, 0.15) is 35.0 Å². The number of carbonyl (C=O) groups is 1. The minimum absolute atomic E-state index is 0.143. The number of hydrogen-bond acceptors (Lipinski definition) is 5. The third-order valence-corrected chi connectivity index (χ3v) is 3.73. The quantitative estimate of drug-likeness (QED) is 0.773. The molecule has 102 valence electrons. The van der Waals surface area contributed by atoms with Crippen LogP contribution >= 0.6 is 11.3 Å². The zero-order valence-corrected chi connectivity index (χ0v) is 11.9. The summed E-state index contributed by atoms with van der Waals surface area (Å²) in [6.45, 7) is 3.68. The van der Waals surface area contributed by atoms with Crippen LogP contribution in [0, 0.1) is 6.92 Å². The van der Waals surface area contributed by atoms with Crippen LogP contribution < -0.4 is 5.32 Å². The smallest absolute Gasteiger partial charge is 0.251 e. The highest BCUT2D eigenvalue weighted by Gasteiger charge is 2.15. The average molecular weight is 287 g/mol. The van der Waals surface area contributed by atoms with Crippen molar-refractivity contribution in [3.63, 3.8) is 0 Å². The second-order valence-electron chi connectivity index (χ2n) is 4.51. The fourth-order valence-corrected chi connectivity index (χ4v) is 2.61. The Labute approximate surface area is 119 Å². The lowest BCUT2D eigenvalue weighted by molar-refractivity contribution is 0.0938. The highest BCUT2D eigenvalue weighted by Crippen LogP contribution is 2.19. The first kappa shape index (κ1) is 12.7. The standard InChI is InChI=1S/C13H13N5OS/c1-7(12-16-8(2)17-18-12)15-13(19)9-3-4-10-11(5-9)20-6-14-10/h3-7H,1-2H3,(H,15,19)(H,16,17,18)/t7-/m0/s1. The highest BCUT2D eigenvalue weighted by atomic mass is 32.1. The number of aromatic amines is 1. The molecular formula is C13H13N5OS. The summed E-state index contributed by atoms with van der Waals surface area (Å²) in [5.41, 5.74) is 3.29. The van der Waals surface area contributed by atoms with E-state index in [2.05, 4.69) is 25.5 Å². The van der Waals surface area contributed by atoms with Gasteiger partial charge in [-0.05, 0) is 32.0 Å². The Kier molecular flexibility index (Phi) is 3.19. The van der Waals surface area contributed by atoms with Gasteiger partial charge in [-0.1, -0.05) is 0 Å². The Morgan fingerprint density at radius 2 is 2.30 bits per heavy atom. The van der Waals surface area contributed by atoms with E-state index in [1.54, 1.807) is 11.6 Å². The van der Waals surface area contributed by atoms with Gasteiger partial charge in [0.25, 0.3) is 5.91 Å². The predicted molar refractivity (Wildman–Crippen MR) is 76.6 cm³/mol. The Morgan fingerprint density at radius 3 is 3.05 bits per heavy atom. The molecular weight excluding hydrogens is 274 g/mol. The van der Waals surface area contributed by atoms with Gasteiger partial charge in [0.2, 0.25) is 0 Å². The molecule has 2 heterocycles. The van der Waals surface area contributed by atoms with E-state index in [0.717, 1.165) is 16.0 Å². The molecule has 3 rings (SSSR count). The molecule has 1 aromatic carbocycles. The number of hydrogen-bond donors (Lipinski definition) is 2. The minimum Gasteiger partial charge on any atom is -0.342 e. The summed E-state index contributed by atoms with van der Waals surface area (Å²) in [7, 11) is 0. The number of carbonyl (C=O) groups excluding carboxylic acids is 1. The van der Waals surface area contributed by atoms with Gasteiger partial charge in [0.15, 0.2) is 5.82 Å². The molecule has 20 heavy (non-hydrogen) atoms. The third-order valence-electron chi connectivity index (χ3n) is 2.94. The molecule has 0 aliphatic carbocycles. The number of nitrogens with one attached hydrogen (secondary N) is 2. The van der Waals surface area contributed by atoms with Crippen molar-refractivity contribution in [3.8, 4) is 0 Å². The van der Waals surface area contributed by atoms with Crippen LogP contribution in [0.15, 0.2) is 23.7 Å². The summed E-state index contributed by atoms with van der Waals surface area (Å²) >= 11 is 1.52. The topological polar surface area (TPSA) is 83.6 Å². The molecule has 0 aliphatic heterocycles. The van der Waals surface area contributed by atoms with E-state index < -0.39 is 0 Å². The maximum Gasteiger partial charge on any atom is 0.251 e. The third kappa shape index (κ3) is 2.39. The maximum atomic E-state index is 12.2. The van der Waals surface area contributed by atoms with E-state index in [1.165, 1.54) is 11.3 Å². The van der Waals surface area contributed by atoms with Crippen LogP contribution in [-0.2, 0) is 0 Å². The summed E-state index contributed by atoms with van der Waals surface area (Å²) in [6, 6.07) is 5.22. The summed E-state index contributed by atoms with van der Waals surface area (Å²) in [6.07, 6.45) is 0. The summed E-state index contributed by atoms with van der Waals surface area (Å²) < 4.78 is 0.999. The summed E-state index contributed by atoms with van der Waals surface area (Å²) in [5, 5.41) is 9.69. The van der Waals surface area contributed by atoms with Crippen molar-refractivity contribution in [3.05, 3.63) is 40.9 Å². The first-order valence-electron chi connectivity index (χ1n) is 6.16. The van der Waals surface area contributed by atoms with Gasteiger partial charge in [0.1, 0.15) is 5.82 Å². The van der Waals surface area contributed by atoms with Crippen molar-refractivity contribution in [1.29, 1.82) is 0 Å². The SMILES string of the molecule is Cc1nc([C@H](C)NC(=O)c2ccc3ncsc3c2)n[nH]1. The molecule has 7 heteroatoms. The van der Waals surface area contributed by atoms with Gasteiger partial charge >= 0.3 is 0 Å². The average Bonchev–Trinajstić information content (AvgIpc) is 3.05. The van der Waals surface area contributed by atoms with Crippen molar-refractivity contribution < 1.29 is 4.79 Å². The van der Waals surface area contributed by atoms with Crippen molar-refractivity contribution in [1.82, 2.24) is 25.5 Å². The molecule has 1 atom stereocenters. The lowest BCUT2D eigenvalue weighted by atomic mass is 10.2. The van der Waals surface area contributed by atoms with Crippen molar-refractivity contribution in [2.24, 2.45) is 0 Å². The zero-order chi connectivity index (χ0) is 14.1. The van der Waals surface area contributed by atoms with Gasteiger partial charge in [-0.25, -0.2) is 9.97 Å². The van der Waals surface area contributed by atoms with Gasteiger partial charge in [-0.2, -0.15) is 5.10 Å². The van der Waals surface area contributed by atoms with E-state index in [-0.39, 0.29) is 11.9 Å². The van der Waals surface area contributed by atoms with Crippen LogP contribution in [-0.4, -0.2) is 26.1 Å². The molecule has 2 aromatic heterocycles. The molecule has 1 amide bonds. The minimum atomic E-state index is -0.246. The lowest BCUT2D eigenvalue weighted by Gasteiger charge is -2.10. The van der Waals surface area contributed by atoms with Gasteiger partial charge in [0, 0.05) is 5.56 Å². The second kappa shape index (κ2) is 5.01. The van der Waals surface area contributed by atoms with E-state index in [1.807, 2.05) is 26.0 Å². The fourth-order valence-electron chi connectivity index (χ4n) is 1.89. The van der Waals surface area contributed by atoms with Crippen molar-refractivity contribution in [2.45, 2.75) is 19.9 Å². The molecule has 2 N–H and O–H groups in total. The number of aromatic nitrogens is 4. The van der Waals surface area contributed by atoms with Crippen molar-refractivity contribution >= 4 is 27.5 Å². The Balaban J connectivity index is 1.78. The van der Waals surface area contributed by atoms with Crippen LogP contribution in [0.3, 0.4) is 0 Å². The molecule has 0 spiro atoms. The molecule has 0 unspecified atom stereocenters. The first-order chi connectivity index (χ1) is 9.63. The molecule has 0 saturated carbocycles. The summed E-state index contributed by atoms with van der Waals surface area (Å²) in [4.78, 5) is 20.6. The first-order valence-corrected chi connectivity index (χ1v) is 7.04. The normalized spacial score (nSPS) is 12.5. The molecule has 3 aromatic rings. The summed E-state index contributed by atoms with van der Waals surface area (Å²) in [5.74, 6) is 1.16. The second-order valence-corrected chi connectivity index (χ2v) is 5.40. The molecule has 0 aliphatic rings. The highest BCUT2D eigenvalue weighted by molar-refractivity contribution is 7.16. The lowest BCUT2D eigenvalue weighted by Crippen LogP contribution is -2.27. The Hall–Kier alpha value is -2.28. The number of thiazole rings is 1. The van der Waals surface area contributed by atoms with Crippen molar-refractivity contribution in [2.75, 3.05) is 0 Å². The number of rotatable bonds is 3. The van der Waals surface area contributed by atoms with Gasteiger partial charge < -0.3 is 5.32 Å². The van der Waals surface area contributed by atoms with E-state index in [4.69, 9.17) is 0 Å². The van der Waals surface area contributed by atoms with Gasteiger partial charge in [-0.3, -0.25) is 9.89 Å².